The van der Waals surface area contributed by atoms with Crippen LogP contribution < -0.4 is 0 Å². The van der Waals surface area contributed by atoms with Crippen LogP contribution >= 0.6 is 0 Å². The average molecular weight is 393 g/mol. The molecule has 154 valence electrons. The third-order valence-corrected chi connectivity index (χ3v) is 9.69. The zero-order valence-corrected chi connectivity index (χ0v) is 19.2. The summed E-state index contributed by atoms with van der Waals surface area (Å²) in [5.74, 6) is -0.00502. The summed E-state index contributed by atoms with van der Waals surface area (Å²) in [6.07, 6.45) is 17.9. The first kappa shape index (κ1) is 25.6. The van der Waals surface area contributed by atoms with Crippen molar-refractivity contribution in [1.82, 2.24) is 0 Å². The number of carbonyl (C=O) groups excluding carboxylic acids is 1. The molecule has 0 saturated heterocycles. The Balaban J connectivity index is 5.05. The van der Waals surface area contributed by atoms with Crippen LogP contribution in [-0.4, -0.2) is 27.0 Å². The van der Waals surface area contributed by atoms with E-state index in [2.05, 4.69) is 52.0 Å². The lowest BCUT2D eigenvalue weighted by atomic mass is 10.00. The van der Waals surface area contributed by atoms with E-state index in [1.165, 1.54) is 6.08 Å². The lowest BCUT2D eigenvalue weighted by Crippen LogP contribution is -2.41. The number of ether oxygens (including phenoxy) is 1. The summed E-state index contributed by atoms with van der Waals surface area (Å²) in [7, 11) is -1.66. The normalized spacial score (nSPS) is 15.3. The van der Waals surface area contributed by atoms with Crippen molar-refractivity contribution in [2.75, 3.05) is 6.61 Å². The first-order valence-corrected chi connectivity index (χ1v) is 13.0. The van der Waals surface area contributed by atoms with Gasteiger partial charge in [-0.05, 0) is 50.7 Å². The Morgan fingerprint density at radius 3 is 2.22 bits per heavy atom. The standard InChI is InChI=1S/C23H40O3Si/c1-7-12-13-14-15-19-22(26-27(9-3,10-4)11-5)21(6)18-16-17-20-23(24)25-8-2/h7,12-14,16-18,20-22H,8-11,15,19H2,1-6H3/b12-7+,14-13+,18-16+,20-17+/t21-,22-/m1/s1. The van der Waals surface area contributed by atoms with Crippen molar-refractivity contribution in [3.05, 3.63) is 48.6 Å². The fourth-order valence-electron chi connectivity index (χ4n) is 2.98. The van der Waals surface area contributed by atoms with Crippen molar-refractivity contribution >= 4 is 14.3 Å². The molecule has 0 amide bonds. The van der Waals surface area contributed by atoms with Gasteiger partial charge in [0.2, 0.25) is 0 Å². The molecule has 0 aliphatic rings. The molecule has 0 heterocycles. The van der Waals surface area contributed by atoms with E-state index in [9.17, 15) is 4.79 Å². The van der Waals surface area contributed by atoms with Crippen LogP contribution in [0.1, 0.15) is 54.4 Å². The lowest BCUT2D eigenvalue weighted by Gasteiger charge is -2.35. The van der Waals surface area contributed by atoms with E-state index in [0.717, 1.165) is 31.0 Å². The summed E-state index contributed by atoms with van der Waals surface area (Å²) >= 11 is 0. The molecule has 0 spiro atoms. The summed E-state index contributed by atoms with van der Waals surface area (Å²) in [6.45, 7) is 13.2. The van der Waals surface area contributed by atoms with Gasteiger partial charge in [-0.15, -0.1) is 0 Å². The van der Waals surface area contributed by atoms with E-state index in [1.54, 1.807) is 6.08 Å². The third-order valence-electron chi connectivity index (χ3n) is 5.02. The maximum Gasteiger partial charge on any atom is 0.330 e. The molecule has 0 aromatic carbocycles. The molecule has 3 nitrogen and oxygen atoms in total. The summed E-state index contributed by atoms with van der Waals surface area (Å²) in [5.41, 5.74) is 0. The highest BCUT2D eigenvalue weighted by molar-refractivity contribution is 6.73. The van der Waals surface area contributed by atoms with Crippen molar-refractivity contribution in [1.29, 1.82) is 0 Å². The SMILES string of the molecule is C/C=C/C=C/CC[C@@H](O[Si](CC)(CC)CC)[C@H](C)/C=C/C=C/C(=O)OCC. The maximum atomic E-state index is 11.4. The monoisotopic (exact) mass is 392 g/mol. The summed E-state index contributed by atoms with van der Waals surface area (Å²) in [5, 5.41) is 0. The van der Waals surface area contributed by atoms with Gasteiger partial charge in [-0.25, -0.2) is 4.79 Å². The summed E-state index contributed by atoms with van der Waals surface area (Å²) in [6, 6.07) is 3.47. The Bertz CT molecular complexity index is 493. The predicted molar refractivity (Wildman–Crippen MR) is 119 cm³/mol. The van der Waals surface area contributed by atoms with Gasteiger partial charge in [0.15, 0.2) is 8.32 Å². The zero-order chi connectivity index (χ0) is 20.5. The number of hydrogen-bond donors (Lipinski definition) is 0. The zero-order valence-electron chi connectivity index (χ0n) is 18.2. The quantitative estimate of drug-likeness (QED) is 0.144. The van der Waals surface area contributed by atoms with Gasteiger partial charge in [0.05, 0.1) is 12.7 Å². The molecule has 0 rings (SSSR count). The van der Waals surface area contributed by atoms with Crippen LogP contribution in [0.5, 0.6) is 0 Å². The highest BCUT2D eigenvalue weighted by Crippen LogP contribution is 2.28. The van der Waals surface area contributed by atoms with Crippen LogP contribution in [0.15, 0.2) is 48.6 Å². The fraction of sp³-hybridized carbons (Fsp3) is 0.609. The highest BCUT2D eigenvalue weighted by Gasteiger charge is 2.33. The molecule has 0 aromatic heterocycles. The van der Waals surface area contributed by atoms with Crippen molar-refractivity contribution in [3.8, 4) is 0 Å². The van der Waals surface area contributed by atoms with E-state index < -0.39 is 8.32 Å². The molecule has 0 radical (unpaired) electrons. The number of hydrogen-bond acceptors (Lipinski definition) is 3. The van der Waals surface area contributed by atoms with Gasteiger partial charge < -0.3 is 9.16 Å². The summed E-state index contributed by atoms with van der Waals surface area (Å²) in [4.78, 5) is 11.4. The van der Waals surface area contributed by atoms with Crippen LogP contribution in [0.2, 0.25) is 18.1 Å². The van der Waals surface area contributed by atoms with Crippen molar-refractivity contribution in [2.24, 2.45) is 5.92 Å². The van der Waals surface area contributed by atoms with Crippen molar-refractivity contribution in [2.45, 2.75) is 78.6 Å². The Kier molecular flexibility index (Phi) is 14.8. The minimum Gasteiger partial charge on any atom is -0.463 e. The predicted octanol–water partition coefficient (Wildman–Crippen LogP) is 6.60. The molecular formula is C23H40O3Si. The molecule has 0 aliphatic carbocycles. The van der Waals surface area contributed by atoms with Crippen LogP contribution in [0, 0.1) is 5.92 Å². The number of allylic oxidation sites excluding steroid dienone is 6. The van der Waals surface area contributed by atoms with Gasteiger partial charge >= 0.3 is 5.97 Å². The minimum atomic E-state index is -1.66. The Morgan fingerprint density at radius 2 is 1.67 bits per heavy atom. The second-order valence-electron chi connectivity index (χ2n) is 6.79. The van der Waals surface area contributed by atoms with Crippen LogP contribution in [-0.2, 0) is 14.0 Å². The van der Waals surface area contributed by atoms with Crippen molar-refractivity contribution < 1.29 is 14.0 Å². The Labute approximate surface area is 168 Å². The molecule has 27 heavy (non-hydrogen) atoms. The molecule has 0 unspecified atom stereocenters. The fourth-order valence-corrected chi connectivity index (χ4v) is 5.96. The van der Waals surface area contributed by atoms with Crippen LogP contribution in [0.4, 0.5) is 0 Å². The van der Waals surface area contributed by atoms with Gasteiger partial charge in [-0.2, -0.15) is 0 Å². The first-order chi connectivity index (χ1) is 13.0. The smallest absolute Gasteiger partial charge is 0.330 e. The molecule has 0 aliphatic heterocycles. The number of carbonyl (C=O) groups is 1. The number of rotatable bonds is 14. The second kappa shape index (κ2) is 15.6. The minimum absolute atomic E-state index is 0.207. The van der Waals surface area contributed by atoms with Gasteiger partial charge in [-0.3, -0.25) is 0 Å². The largest absolute Gasteiger partial charge is 0.463 e. The molecular weight excluding hydrogens is 352 g/mol. The molecule has 0 aromatic rings. The van der Waals surface area contributed by atoms with Crippen LogP contribution in [0.3, 0.4) is 0 Å². The lowest BCUT2D eigenvalue weighted by molar-refractivity contribution is -0.137. The molecule has 0 fully saturated rings. The van der Waals surface area contributed by atoms with Gasteiger partial charge in [0, 0.05) is 6.08 Å². The average Bonchev–Trinajstić information content (AvgIpc) is 2.68. The van der Waals surface area contributed by atoms with E-state index in [4.69, 9.17) is 9.16 Å². The molecule has 0 bridgehead atoms. The molecule has 4 heteroatoms. The van der Waals surface area contributed by atoms with E-state index >= 15 is 0 Å². The van der Waals surface area contributed by atoms with E-state index in [0.29, 0.717) is 12.5 Å². The highest BCUT2D eigenvalue weighted by atomic mass is 28.4. The van der Waals surface area contributed by atoms with Gasteiger partial charge in [0.1, 0.15) is 0 Å². The van der Waals surface area contributed by atoms with Crippen LogP contribution in [0.25, 0.3) is 0 Å². The second-order valence-corrected chi connectivity index (χ2v) is 11.5. The molecule has 0 N–H and O–H groups in total. The Morgan fingerprint density at radius 1 is 1.00 bits per heavy atom. The Hall–Kier alpha value is -1.39. The van der Waals surface area contributed by atoms with Crippen molar-refractivity contribution in [3.63, 3.8) is 0 Å². The van der Waals surface area contributed by atoms with Gasteiger partial charge in [0.25, 0.3) is 0 Å². The van der Waals surface area contributed by atoms with E-state index in [1.807, 2.05) is 26.0 Å². The topological polar surface area (TPSA) is 35.5 Å². The molecule has 2 atom stereocenters. The maximum absolute atomic E-state index is 11.4. The third kappa shape index (κ3) is 11.1. The summed E-state index contributed by atoms with van der Waals surface area (Å²) < 4.78 is 11.7. The first-order valence-electron chi connectivity index (χ1n) is 10.5. The molecule has 0 saturated carbocycles. The van der Waals surface area contributed by atoms with Gasteiger partial charge in [-0.1, -0.05) is 70.2 Å². The number of esters is 1. The van der Waals surface area contributed by atoms with E-state index in [-0.39, 0.29) is 12.1 Å².